The fourth-order valence-corrected chi connectivity index (χ4v) is 5.56. The summed E-state index contributed by atoms with van der Waals surface area (Å²) >= 11 is 0. The van der Waals surface area contributed by atoms with Crippen molar-refractivity contribution in [2.24, 2.45) is 0 Å². The molecule has 0 spiro atoms. The zero-order valence-electron chi connectivity index (χ0n) is 26.2. The first-order chi connectivity index (χ1) is 23.8. The molecule has 0 fully saturated rings. The molecule has 0 aliphatic rings. The van der Waals surface area contributed by atoms with Gasteiger partial charge in [-0.15, -0.1) is 0 Å². The van der Waals surface area contributed by atoms with Crippen LogP contribution in [0.5, 0.6) is 0 Å². The maximum absolute atomic E-state index is 3.48. The van der Waals surface area contributed by atoms with Crippen LogP contribution in [0.2, 0.25) is 0 Å². The molecule has 0 amide bonds. The summed E-state index contributed by atoms with van der Waals surface area (Å²) in [5.41, 5.74) is 6.16. The van der Waals surface area contributed by atoms with Crippen LogP contribution in [0.25, 0.3) is 32.7 Å². The summed E-state index contributed by atoms with van der Waals surface area (Å²) in [5.74, 6) is 0. The molecule has 7 rings (SSSR count). The van der Waals surface area contributed by atoms with E-state index in [1.54, 1.807) is 0 Å². The highest BCUT2D eigenvalue weighted by atomic mass is 14.1. The van der Waals surface area contributed by atoms with E-state index in [0.29, 0.717) is 0 Å². The number of benzene rings is 6. The lowest BCUT2D eigenvalue weighted by Gasteiger charge is -2.06. The van der Waals surface area contributed by atoms with Crippen LogP contribution in [0.4, 0.5) is 0 Å². The Morgan fingerprint density at radius 2 is 0.438 bits per heavy atom. The van der Waals surface area contributed by atoms with E-state index in [9.17, 15) is 0 Å². The van der Waals surface area contributed by atoms with Gasteiger partial charge in [-0.1, -0.05) is 194 Å². The number of hydrogen-bond donors (Lipinski definition) is 0. The largest absolute Gasteiger partial charge is 0.0835 e. The molecule has 0 radical (unpaired) electrons. The van der Waals surface area contributed by atoms with E-state index in [0.717, 1.165) is 65.4 Å². The second kappa shape index (κ2) is 14.4. The minimum atomic E-state index is 0.728. The van der Waals surface area contributed by atoms with Crippen molar-refractivity contribution in [2.75, 3.05) is 0 Å². The van der Waals surface area contributed by atoms with Gasteiger partial charge in [-0.25, -0.2) is 0 Å². The van der Waals surface area contributed by atoms with Gasteiger partial charge in [0.15, 0.2) is 0 Å². The lowest BCUT2D eigenvalue weighted by molar-refractivity contribution is 1.50. The Morgan fingerprint density at radius 1 is 0.229 bits per heavy atom. The Balaban J connectivity index is 1.65. The van der Waals surface area contributed by atoms with Crippen LogP contribution in [0, 0.1) is 48.5 Å². The maximum Gasteiger partial charge on any atom is 0.0835 e. The van der Waals surface area contributed by atoms with Crippen molar-refractivity contribution in [3.8, 4) is 0 Å². The lowest BCUT2D eigenvalue weighted by atomic mass is 9.96. The summed E-state index contributed by atoms with van der Waals surface area (Å²) in [4.78, 5) is 0. The summed E-state index contributed by atoms with van der Waals surface area (Å²) in [6.07, 6.45) is 0. The molecule has 7 aromatic rings. The smallest absolute Gasteiger partial charge is 0.0622 e. The molecular weight excluding hydrogens is 577 g/mol. The molecule has 0 aliphatic heterocycles. The summed E-state index contributed by atoms with van der Waals surface area (Å²) in [7, 11) is 0. The molecule has 0 aliphatic carbocycles. The van der Waals surface area contributed by atoms with Crippen LogP contribution >= 0.6 is 0 Å². The van der Waals surface area contributed by atoms with Gasteiger partial charge in [-0.3, -0.25) is 0 Å². The van der Waals surface area contributed by atoms with Crippen LogP contribution < -0.4 is 10.4 Å². The molecule has 48 heavy (non-hydrogen) atoms. The van der Waals surface area contributed by atoms with E-state index >= 15 is 0 Å². The Morgan fingerprint density at radius 3 is 0.667 bits per heavy atom. The van der Waals surface area contributed by atoms with Crippen LogP contribution in [-0.4, -0.2) is 0 Å². The minimum Gasteiger partial charge on any atom is -0.0622 e. The van der Waals surface area contributed by atoms with Gasteiger partial charge in [-0.05, 0) is 46.5 Å². The van der Waals surface area contributed by atoms with Gasteiger partial charge in [0.05, 0.1) is 10.4 Å². The molecular formula is C48H28. The molecule has 0 saturated carbocycles. The maximum atomic E-state index is 3.48. The third-order valence-corrected chi connectivity index (χ3v) is 7.89. The van der Waals surface area contributed by atoms with Gasteiger partial charge in [0.25, 0.3) is 0 Å². The highest BCUT2D eigenvalue weighted by molar-refractivity contribution is 5.82. The summed E-state index contributed by atoms with van der Waals surface area (Å²) in [6, 6.07) is 85.1. The van der Waals surface area contributed by atoms with Crippen molar-refractivity contribution in [1.82, 2.24) is 0 Å². The van der Waals surface area contributed by atoms with E-state index in [2.05, 4.69) is 97.1 Å². The summed E-state index contributed by atoms with van der Waals surface area (Å²) in [5, 5.41) is 4.77. The van der Waals surface area contributed by atoms with Crippen molar-refractivity contribution >= 4 is 32.7 Å². The van der Waals surface area contributed by atoms with E-state index in [1.165, 1.54) is 0 Å². The molecule has 0 nitrogen and oxygen atoms in total. The molecule has 220 valence electrons. The minimum absolute atomic E-state index is 0.728. The van der Waals surface area contributed by atoms with Crippen molar-refractivity contribution in [2.45, 2.75) is 0 Å². The van der Waals surface area contributed by atoms with Crippen LogP contribution in [0.1, 0.15) is 22.3 Å². The first kappa shape index (κ1) is 29.7. The first-order valence-electron chi connectivity index (χ1n) is 15.8. The standard InChI is InChI=1S/C48H28/c1-5-21-41(22-6-1)47(42-23-7-2-8-24-42)45-33-29-37-17-13-15-19-39(37)31-35-46(36-32-40-20-16-14-18-38(40)30-34-45)48(43-25-9-3-10-26-43)44-27-11-4-12-28-44/h1-28H. The van der Waals surface area contributed by atoms with Gasteiger partial charge >= 0.3 is 0 Å². The molecule has 0 atom stereocenters. The normalized spacial score (nSPS) is 9.83. The average molecular weight is 605 g/mol. The molecule has 0 unspecified atom stereocenters. The Labute approximate surface area is 282 Å². The quantitative estimate of drug-likeness (QED) is 0.188. The first-order valence-corrected chi connectivity index (χ1v) is 15.8. The van der Waals surface area contributed by atoms with Gasteiger partial charge < -0.3 is 0 Å². The van der Waals surface area contributed by atoms with E-state index in [-0.39, 0.29) is 0 Å². The van der Waals surface area contributed by atoms with Crippen LogP contribution in [0.15, 0.2) is 170 Å². The zero-order chi connectivity index (χ0) is 32.4. The van der Waals surface area contributed by atoms with Crippen LogP contribution in [-0.2, 0) is 0 Å². The SMILES string of the molecule is c1c(=C(c2ccccc2)c2ccccc2)c#cc2ccccc2c#cc(=C(c2ccccc2)c2ccccc2)c#cc2ccccc2c#1. The van der Waals surface area contributed by atoms with E-state index in [1.807, 2.05) is 121 Å². The van der Waals surface area contributed by atoms with Gasteiger partial charge in [0.2, 0.25) is 0 Å². The Kier molecular flexibility index (Phi) is 8.94. The van der Waals surface area contributed by atoms with Gasteiger partial charge in [0, 0.05) is 32.7 Å². The molecule has 0 aromatic heterocycles. The Bertz CT molecular complexity index is 2070. The lowest BCUT2D eigenvalue weighted by Crippen LogP contribution is -2.05. The summed E-state index contributed by atoms with van der Waals surface area (Å²) < 4.78 is 0. The second-order valence-electron chi connectivity index (χ2n) is 11.1. The number of hydrogen-bond acceptors (Lipinski definition) is 0. The summed E-state index contributed by atoms with van der Waals surface area (Å²) in [6.45, 7) is 0. The topological polar surface area (TPSA) is 0 Å². The molecule has 7 aromatic carbocycles. The monoisotopic (exact) mass is 604 g/mol. The van der Waals surface area contributed by atoms with Gasteiger partial charge in [0.1, 0.15) is 0 Å². The van der Waals surface area contributed by atoms with Gasteiger partial charge in [-0.2, -0.15) is 0 Å². The fourth-order valence-electron chi connectivity index (χ4n) is 5.56. The van der Waals surface area contributed by atoms with Crippen molar-refractivity contribution in [1.29, 1.82) is 0 Å². The highest BCUT2D eigenvalue weighted by Crippen LogP contribution is 2.21. The second-order valence-corrected chi connectivity index (χ2v) is 11.1. The molecule has 0 N–H and O–H groups in total. The zero-order valence-corrected chi connectivity index (χ0v) is 26.2. The number of fused-ring (bicyclic) bond motifs is 2. The molecule has 0 heterocycles. The number of rotatable bonds is 4. The molecule has 0 saturated heterocycles. The van der Waals surface area contributed by atoms with Crippen molar-refractivity contribution in [3.05, 3.63) is 251 Å². The fraction of sp³-hybridized carbons (Fsp3) is 0. The average Bonchev–Trinajstić information content (AvgIpc) is 3.16. The third kappa shape index (κ3) is 6.82. The van der Waals surface area contributed by atoms with Crippen molar-refractivity contribution < 1.29 is 0 Å². The molecule has 0 heteroatoms. The predicted molar refractivity (Wildman–Crippen MR) is 196 cm³/mol. The predicted octanol–water partition coefficient (Wildman–Crippen LogP) is 9.14. The molecule has 0 bridgehead atoms. The van der Waals surface area contributed by atoms with E-state index < -0.39 is 0 Å². The van der Waals surface area contributed by atoms with E-state index in [4.69, 9.17) is 0 Å². The van der Waals surface area contributed by atoms with Crippen molar-refractivity contribution in [3.63, 3.8) is 0 Å². The Hall–Kier alpha value is -6.96. The third-order valence-electron chi connectivity index (χ3n) is 7.89. The van der Waals surface area contributed by atoms with Crippen LogP contribution in [0.3, 0.4) is 0 Å². The highest BCUT2D eigenvalue weighted by Gasteiger charge is 2.06.